The molecule has 0 unspecified atom stereocenters. The summed E-state index contributed by atoms with van der Waals surface area (Å²) >= 11 is 18.3. The summed E-state index contributed by atoms with van der Waals surface area (Å²) in [6.45, 7) is 1.16. The van der Waals surface area contributed by atoms with E-state index in [1.54, 1.807) is 38.6 Å². The van der Waals surface area contributed by atoms with Gasteiger partial charge in [-0.15, -0.1) is 0 Å². The van der Waals surface area contributed by atoms with Crippen LogP contribution in [0.15, 0.2) is 41.4 Å². The van der Waals surface area contributed by atoms with Gasteiger partial charge in [-0.25, -0.2) is 18.4 Å². The molecular weight excluding hydrogens is 551 g/mol. The largest absolute Gasteiger partial charge is 0.493 e. The first-order chi connectivity index (χ1) is 17.2. The van der Waals surface area contributed by atoms with Gasteiger partial charge in [0.15, 0.2) is 11.5 Å². The number of ether oxygens (including phenoxy) is 3. The van der Waals surface area contributed by atoms with Gasteiger partial charge >= 0.3 is 0 Å². The van der Waals surface area contributed by atoms with Crippen LogP contribution in [-0.2, 0) is 10.0 Å². The third-order valence-corrected chi connectivity index (χ3v) is 8.72. The summed E-state index contributed by atoms with van der Waals surface area (Å²) in [7, 11) is 0.716. The van der Waals surface area contributed by atoms with Crippen molar-refractivity contribution in [3.8, 4) is 28.5 Å². The van der Waals surface area contributed by atoms with Crippen molar-refractivity contribution in [2.75, 3.05) is 52.4 Å². The van der Waals surface area contributed by atoms with Crippen LogP contribution in [0, 0.1) is 0 Å². The van der Waals surface area contributed by atoms with Crippen molar-refractivity contribution in [3.05, 3.63) is 51.6 Å². The van der Waals surface area contributed by atoms with Crippen molar-refractivity contribution < 1.29 is 22.6 Å². The average molecular weight is 574 g/mol. The Hall–Kier alpha value is -2.50. The Kier molecular flexibility index (Phi) is 8.01. The van der Waals surface area contributed by atoms with Crippen LogP contribution < -0.4 is 19.1 Å². The molecule has 0 saturated carbocycles. The lowest BCUT2D eigenvalue weighted by Gasteiger charge is -2.34. The molecule has 36 heavy (non-hydrogen) atoms. The van der Waals surface area contributed by atoms with E-state index >= 15 is 0 Å². The molecule has 13 heteroatoms. The maximum absolute atomic E-state index is 13.2. The topological polar surface area (TPSA) is 94.1 Å². The van der Waals surface area contributed by atoms with E-state index in [2.05, 4.69) is 4.98 Å². The van der Waals surface area contributed by atoms with E-state index in [0.717, 1.165) is 5.56 Å². The Morgan fingerprint density at radius 3 is 1.97 bits per heavy atom. The first-order valence-electron chi connectivity index (χ1n) is 10.7. The van der Waals surface area contributed by atoms with Gasteiger partial charge in [0, 0.05) is 43.0 Å². The highest BCUT2D eigenvalue weighted by atomic mass is 35.5. The maximum atomic E-state index is 13.2. The molecular formula is C23H23Cl3N4O5S. The Morgan fingerprint density at radius 2 is 1.44 bits per heavy atom. The van der Waals surface area contributed by atoms with E-state index in [4.69, 9.17) is 54.0 Å². The van der Waals surface area contributed by atoms with Gasteiger partial charge in [0.05, 0.1) is 37.1 Å². The van der Waals surface area contributed by atoms with Crippen molar-refractivity contribution in [1.29, 1.82) is 0 Å². The number of aromatic nitrogens is 2. The lowest BCUT2D eigenvalue weighted by molar-refractivity contribution is 0.324. The van der Waals surface area contributed by atoms with Crippen LogP contribution in [0.25, 0.3) is 11.3 Å². The van der Waals surface area contributed by atoms with Gasteiger partial charge < -0.3 is 19.1 Å². The van der Waals surface area contributed by atoms with Gasteiger partial charge in [0.2, 0.25) is 21.7 Å². The molecule has 1 aromatic heterocycles. The van der Waals surface area contributed by atoms with Crippen molar-refractivity contribution in [3.63, 3.8) is 0 Å². The second-order valence-electron chi connectivity index (χ2n) is 7.75. The van der Waals surface area contributed by atoms with E-state index in [9.17, 15) is 8.42 Å². The van der Waals surface area contributed by atoms with Crippen molar-refractivity contribution in [2.24, 2.45) is 0 Å². The van der Waals surface area contributed by atoms with Crippen LogP contribution in [0.3, 0.4) is 0 Å². The standard InChI is InChI=1S/C23H23Cl3N4O5S/c1-33-19-10-14(11-20(34-2)21(19)35-3)18-4-5-27-23(28-18)29-6-8-30(9-7-29)36(31,32)22-16(25)12-15(24)13-17(22)26/h4-5,10-13H,6-9H2,1-3H3. The van der Waals surface area contributed by atoms with E-state index in [0.29, 0.717) is 42.0 Å². The van der Waals surface area contributed by atoms with Crippen molar-refractivity contribution >= 4 is 50.8 Å². The third-order valence-electron chi connectivity index (χ3n) is 5.69. The summed E-state index contributed by atoms with van der Waals surface area (Å²) in [5.74, 6) is 1.97. The summed E-state index contributed by atoms with van der Waals surface area (Å²) in [4.78, 5) is 10.9. The second-order valence-corrected chi connectivity index (χ2v) is 10.9. The van der Waals surface area contributed by atoms with Gasteiger partial charge in [-0.2, -0.15) is 4.31 Å². The molecule has 1 fully saturated rings. The van der Waals surface area contributed by atoms with Crippen molar-refractivity contribution in [1.82, 2.24) is 14.3 Å². The smallest absolute Gasteiger partial charge is 0.246 e. The first kappa shape index (κ1) is 26.6. The molecule has 0 atom stereocenters. The SMILES string of the molecule is COc1cc(-c2ccnc(N3CCN(S(=O)(=O)c4c(Cl)cc(Cl)cc4Cl)CC3)n2)cc(OC)c1OC. The molecule has 0 N–H and O–H groups in total. The monoisotopic (exact) mass is 572 g/mol. The number of hydrogen-bond acceptors (Lipinski definition) is 8. The quantitative estimate of drug-likeness (QED) is 0.404. The van der Waals surface area contributed by atoms with E-state index in [1.807, 2.05) is 4.90 Å². The first-order valence-corrected chi connectivity index (χ1v) is 13.3. The summed E-state index contributed by atoms with van der Waals surface area (Å²) in [5.41, 5.74) is 1.40. The zero-order valence-corrected chi connectivity index (χ0v) is 22.7. The minimum absolute atomic E-state index is 0.0173. The Morgan fingerprint density at radius 1 is 0.861 bits per heavy atom. The van der Waals surface area contributed by atoms with Gasteiger partial charge in [0.1, 0.15) is 4.90 Å². The van der Waals surface area contributed by atoms with Crippen molar-refractivity contribution in [2.45, 2.75) is 4.90 Å². The fourth-order valence-electron chi connectivity index (χ4n) is 3.92. The fraction of sp³-hybridized carbons (Fsp3) is 0.304. The third kappa shape index (κ3) is 5.14. The molecule has 0 aliphatic carbocycles. The number of anilines is 1. The summed E-state index contributed by atoms with van der Waals surface area (Å²) < 4.78 is 44.1. The van der Waals surface area contributed by atoms with E-state index in [-0.39, 0.29) is 33.1 Å². The molecule has 1 aliphatic rings. The lowest BCUT2D eigenvalue weighted by atomic mass is 10.1. The van der Waals surface area contributed by atoms with Crippen LogP contribution in [0.4, 0.5) is 5.95 Å². The van der Waals surface area contributed by atoms with Crippen LogP contribution in [0.2, 0.25) is 15.1 Å². The summed E-state index contributed by atoms with van der Waals surface area (Å²) in [6.07, 6.45) is 1.65. The molecule has 4 rings (SSSR count). The molecule has 0 spiro atoms. The second kappa shape index (κ2) is 10.9. The Labute approximate surface area is 224 Å². The highest BCUT2D eigenvalue weighted by molar-refractivity contribution is 7.89. The molecule has 0 amide bonds. The molecule has 3 aromatic rings. The molecule has 2 heterocycles. The molecule has 1 aliphatic heterocycles. The normalized spacial score (nSPS) is 14.6. The lowest BCUT2D eigenvalue weighted by Crippen LogP contribution is -2.49. The number of nitrogens with zero attached hydrogens (tertiary/aromatic N) is 4. The zero-order chi connectivity index (χ0) is 26.0. The van der Waals surface area contributed by atoms with Crippen LogP contribution in [-0.4, -0.2) is 70.2 Å². The number of hydrogen-bond donors (Lipinski definition) is 0. The van der Waals surface area contributed by atoms with Crippen LogP contribution in [0.1, 0.15) is 0 Å². The number of halogens is 3. The van der Waals surface area contributed by atoms with Gasteiger partial charge in [0.25, 0.3) is 0 Å². The minimum Gasteiger partial charge on any atom is -0.493 e. The number of benzene rings is 2. The number of rotatable bonds is 7. The summed E-state index contributed by atoms with van der Waals surface area (Å²) in [5, 5.41) is 0.227. The average Bonchev–Trinajstić information content (AvgIpc) is 2.87. The van der Waals surface area contributed by atoms with Gasteiger partial charge in [-0.3, -0.25) is 0 Å². The van der Waals surface area contributed by atoms with Crippen LogP contribution in [0.5, 0.6) is 17.2 Å². The predicted octanol–water partition coefficient (Wildman–Crippen LogP) is 4.64. The molecule has 0 radical (unpaired) electrons. The Balaban J connectivity index is 1.56. The van der Waals surface area contributed by atoms with Gasteiger partial charge in [-0.05, 0) is 30.3 Å². The minimum atomic E-state index is -3.92. The molecule has 2 aromatic carbocycles. The summed E-state index contributed by atoms with van der Waals surface area (Å²) in [6, 6.07) is 8.10. The van der Waals surface area contributed by atoms with Gasteiger partial charge in [-0.1, -0.05) is 34.8 Å². The fourth-order valence-corrected chi connectivity index (χ4v) is 6.84. The number of methoxy groups -OCH3 is 3. The highest BCUT2D eigenvalue weighted by Gasteiger charge is 2.33. The molecule has 1 saturated heterocycles. The van der Waals surface area contributed by atoms with Crippen LogP contribution >= 0.6 is 34.8 Å². The van der Waals surface area contributed by atoms with E-state index in [1.165, 1.54) is 23.5 Å². The Bertz CT molecular complexity index is 1330. The zero-order valence-electron chi connectivity index (χ0n) is 19.7. The number of sulfonamides is 1. The highest BCUT2D eigenvalue weighted by Crippen LogP contribution is 2.41. The molecule has 9 nitrogen and oxygen atoms in total. The maximum Gasteiger partial charge on any atom is 0.246 e. The molecule has 0 bridgehead atoms. The number of piperazine rings is 1. The predicted molar refractivity (Wildman–Crippen MR) is 140 cm³/mol. The molecule has 192 valence electrons. The van der Waals surface area contributed by atoms with E-state index < -0.39 is 10.0 Å².